The lowest BCUT2D eigenvalue weighted by Crippen LogP contribution is -2.25. The van der Waals surface area contributed by atoms with Gasteiger partial charge in [-0.3, -0.25) is 9.59 Å². The van der Waals surface area contributed by atoms with Crippen molar-refractivity contribution in [2.24, 2.45) is 10.1 Å². The summed E-state index contributed by atoms with van der Waals surface area (Å²) < 4.78 is 0. The van der Waals surface area contributed by atoms with Crippen LogP contribution in [0.2, 0.25) is 5.02 Å². The number of rotatable bonds is 5. The van der Waals surface area contributed by atoms with E-state index in [2.05, 4.69) is 53.6 Å². The van der Waals surface area contributed by atoms with Crippen molar-refractivity contribution in [2.45, 2.75) is 31.1 Å². The van der Waals surface area contributed by atoms with E-state index in [0.717, 1.165) is 16.8 Å². The maximum Gasteiger partial charge on any atom is 0.262 e. The minimum absolute atomic E-state index is 0.0000996. The van der Waals surface area contributed by atoms with Crippen LogP contribution in [-0.2, 0) is 9.59 Å². The number of benzene rings is 3. The SMILES string of the molecule is Cc1ccc(C2=NN(C3=NC(=O)[C@H](CC(=O)Nc4ccccc4Cl)S3)[C@H](c3ccccc3)C2)cc1. The molecule has 0 saturated heterocycles. The number of thioether (sulfide) groups is 1. The lowest BCUT2D eigenvalue weighted by molar-refractivity contribution is -0.121. The van der Waals surface area contributed by atoms with Gasteiger partial charge in [0.15, 0.2) is 5.17 Å². The van der Waals surface area contributed by atoms with Crippen molar-refractivity contribution in [1.29, 1.82) is 0 Å². The van der Waals surface area contributed by atoms with Crippen LogP contribution in [0.25, 0.3) is 0 Å². The largest absolute Gasteiger partial charge is 0.325 e. The number of halogens is 1. The van der Waals surface area contributed by atoms with Gasteiger partial charge >= 0.3 is 0 Å². The highest BCUT2D eigenvalue weighted by atomic mass is 35.5. The summed E-state index contributed by atoms with van der Waals surface area (Å²) in [7, 11) is 0. The van der Waals surface area contributed by atoms with Crippen molar-refractivity contribution in [3.05, 3.63) is 101 Å². The number of amides is 2. The van der Waals surface area contributed by atoms with E-state index < -0.39 is 5.25 Å². The third kappa shape index (κ3) is 5.16. The number of amidine groups is 1. The number of carbonyl (C=O) groups is 2. The van der Waals surface area contributed by atoms with Crippen LogP contribution in [0.3, 0.4) is 0 Å². The smallest absolute Gasteiger partial charge is 0.262 e. The second-order valence-electron chi connectivity index (χ2n) is 8.46. The molecule has 35 heavy (non-hydrogen) atoms. The zero-order valence-corrected chi connectivity index (χ0v) is 20.6. The van der Waals surface area contributed by atoms with E-state index in [4.69, 9.17) is 16.7 Å². The zero-order chi connectivity index (χ0) is 24.4. The average molecular weight is 503 g/mol. The van der Waals surface area contributed by atoms with Crippen LogP contribution in [0.1, 0.15) is 35.6 Å². The molecule has 0 bridgehead atoms. The molecule has 2 aliphatic rings. The molecule has 6 nitrogen and oxygen atoms in total. The standard InChI is InChI=1S/C27H23ClN4O2S/c1-17-11-13-18(14-12-17)22-15-23(19-7-3-2-4-8-19)32(31-22)27-30-26(34)24(35-27)16-25(33)29-21-10-6-5-9-20(21)28/h2-14,23-24H,15-16H2,1H3,(H,29,33)/t23-,24-/m0/s1. The third-order valence-electron chi connectivity index (χ3n) is 5.92. The van der Waals surface area contributed by atoms with Gasteiger partial charge in [0, 0.05) is 12.8 Å². The van der Waals surface area contributed by atoms with E-state index in [-0.39, 0.29) is 24.3 Å². The van der Waals surface area contributed by atoms with E-state index in [1.807, 2.05) is 23.2 Å². The minimum atomic E-state index is -0.609. The van der Waals surface area contributed by atoms with Crippen molar-refractivity contribution in [1.82, 2.24) is 5.01 Å². The second kappa shape index (κ2) is 10.1. The summed E-state index contributed by atoms with van der Waals surface area (Å²) in [6.45, 7) is 2.05. The Balaban J connectivity index is 1.35. The number of carbonyl (C=O) groups excluding carboxylic acids is 2. The highest BCUT2D eigenvalue weighted by molar-refractivity contribution is 8.15. The lowest BCUT2D eigenvalue weighted by atomic mass is 9.98. The molecule has 2 amide bonds. The molecule has 2 heterocycles. The molecule has 0 fully saturated rings. The van der Waals surface area contributed by atoms with Gasteiger partial charge in [-0.15, -0.1) is 0 Å². The number of aliphatic imine (C=N–C) groups is 1. The summed E-state index contributed by atoms with van der Waals surface area (Å²) in [6, 6.07) is 25.3. The molecule has 5 rings (SSSR count). The maximum atomic E-state index is 12.7. The molecule has 0 unspecified atom stereocenters. The summed E-state index contributed by atoms with van der Waals surface area (Å²) in [5.74, 6) is -0.615. The van der Waals surface area contributed by atoms with Crippen LogP contribution in [0, 0.1) is 6.92 Å². The molecule has 0 aliphatic carbocycles. The lowest BCUT2D eigenvalue weighted by Gasteiger charge is -2.23. The summed E-state index contributed by atoms with van der Waals surface area (Å²) in [6.07, 6.45) is 0.693. The Hall–Kier alpha value is -3.42. The number of nitrogens with zero attached hydrogens (tertiary/aromatic N) is 3. The molecule has 0 spiro atoms. The van der Waals surface area contributed by atoms with Gasteiger partial charge in [-0.2, -0.15) is 10.1 Å². The Labute approximate surface area is 213 Å². The van der Waals surface area contributed by atoms with E-state index >= 15 is 0 Å². The second-order valence-corrected chi connectivity index (χ2v) is 10.0. The Bertz CT molecular complexity index is 1320. The molecule has 0 saturated carbocycles. The molecule has 1 N–H and O–H groups in total. The highest BCUT2D eigenvalue weighted by Crippen LogP contribution is 2.38. The van der Waals surface area contributed by atoms with Gasteiger partial charge in [0.1, 0.15) is 5.25 Å². The predicted octanol–water partition coefficient (Wildman–Crippen LogP) is 5.83. The first-order valence-corrected chi connectivity index (χ1v) is 12.6. The van der Waals surface area contributed by atoms with Gasteiger partial charge in [0.25, 0.3) is 5.91 Å². The number of hydrogen-bond acceptors (Lipinski definition) is 5. The summed E-state index contributed by atoms with van der Waals surface area (Å²) in [5.41, 5.74) is 4.78. The van der Waals surface area contributed by atoms with Gasteiger partial charge in [-0.1, -0.05) is 95.7 Å². The van der Waals surface area contributed by atoms with E-state index in [0.29, 0.717) is 22.3 Å². The molecule has 2 atom stereocenters. The first kappa shape index (κ1) is 23.3. The van der Waals surface area contributed by atoms with Crippen LogP contribution >= 0.6 is 23.4 Å². The molecular formula is C27H23ClN4O2S. The molecule has 0 radical (unpaired) electrons. The molecule has 3 aromatic rings. The zero-order valence-electron chi connectivity index (χ0n) is 19.0. The Morgan fingerprint density at radius 1 is 1.06 bits per heavy atom. The molecule has 2 aliphatic heterocycles. The molecule has 8 heteroatoms. The van der Waals surface area contributed by atoms with Gasteiger partial charge in [-0.25, -0.2) is 5.01 Å². The molecule has 3 aromatic carbocycles. The van der Waals surface area contributed by atoms with Crippen LogP contribution < -0.4 is 5.32 Å². The monoisotopic (exact) mass is 502 g/mol. The summed E-state index contributed by atoms with van der Waals surface area (Å²) >= 11 is 7.42. The van der Waals surface area contributed by atoms with Crippen molar-refractivity contribution < 1.29 is 9.59 Å². The highest BCUT2D eigenvalue weighted by Gasteiger charge is 2.39. The number of para-hydroxylation sites is 1. The van der Waals surface area contributed by atoms with Crippen molar-refractivity contribution in [2.75, 3.05) is 5.32 Å². The average Bonchev–Trinajstić information content (AvgIpc) is 3.46. The predicted molar refractivity (Wildman–Crippen MR) is 142 cm³/mol. The molecule has 176 valence electrons. The fraction of sp³-hybridized carbons (Fsp3) is 0.185. The minimum Gasteiger partial charge on any atom is -0.325 e. The van der Waals surface area contributed by atoms with Crippen LogP contribution in [0.5, 0.6) is 0 Å². The van der Waals surface area contributed by atoms with Crippen molar-refractivity contribution >= 4 is 51.7 Å². The number of aryl methyl sites for hydroxylation is 1. The fourth-order valence-corrected chi connectivity index (χ4v) is 5.32. The van der Waals surface area contributed by atoms with Crippen molar-refractivity contribution in [3.63, 3.8) is 0 Å². The van der Waals surface area contributed by atoms with E-state index in [1.165, 1.54) is 17.3 Å². The molecule has 0 aromatic heterocycles. The quantitative estimate of drug-likeness (QED) is 0.476. The Kier molecular flexibility index (Phi) is 6.70. The molecular weight excluding hydrogens is 480 g/mol. The van der Waals surface area contributed by atoms with Gasteiger partial charge < -0.3 is 5.32 Å². The first-order chi connectivity index (χ1) is 17.0. The first-order valence-electron chi connectivity index (χ1n) is 11.3. The van der Waals surface area contributed by atoms with Crippen LogP contribution in [0.15, 0.2) is 89.0 Å². The van der Waals surface area contributed by atoms with Gasteiger partial charge in [0.05, 0.1) is 22.5 Å². The Morgan fingerprint density at radius 3 is 2.51 bits per heavy atom. The van der Waals surface area contributed by atoms with Gasteiger partial charge in [-0.05, 0) is 30.2 Å². The van der Waals surface area contributed by atoms with E-state index in [9.17, 15) is 9.59 Å². The topological polar surface area (TPSA) is 74.1 Å². The number of hydrazone groups is 1. The summed E-state index contributed by atoms with van der Waals surface area (Å²) in [5, 5.41) is 9.85. The fourth-order valence-electron chi connectivity index (χ4n) is 4.08. The van der Waals surface area contributed by atoms with Crippen LogP contribution in [0.4, 0.5) is 5.69 Å². The van der Waals surface area contributed by atoms with Crippen LogP contribution in [-0.4, -0.2) is 33.0 Å². The number of nitrogens with one attached hydrogen (secondary N) is 1. The number of hydrogen-bond donors (Lipinski definition) is 1. The normalized spacial score (nSPS) is 19.5. The third-order valence-corrected chi connectivity index (χ3v) is 7.39. The van der Waals surface area contributed by atoms with Gasteiger partial charge in [0.2, 0.25) is 5.91 Å². The summed E-state index contributed by atoms with van der Waals surface area (Å²) in [4.78, 5) is 29.7. The number of anilines is 1. The van der Waals surface area contributed by atoms with Crippen molar-refractivity contribution in [3.8, 4) is 0 Å². The Morgan fingerprint density at radius 2 is 1.77 bits per heavy atom. The maximum absolute atomic E-state index is 12.7. The van der Waals surface area contributed by atoms with E-state index in [1.54, 1.807) is 24.3 Å².